The maximum Gasteiger partial charge on any atom is 0.159 e. The van der Waals surface area contributed by atoms with Crippen molar-refractivity contribution in [1.82, 2.24) is 9.78 Å². The number of rotatable bonds is 6. The highest BCUT2D eigenvalue weighted by atomic mass is 16.5. The van der Waals surface area contributed by atoms with Gasteiger partial charge in [0, 0.05) is 6.04 Å². The first-order valence-electron chi connectivity index (χ1n) is 6.42. The van der Waals surface area contributed by atoms with Crippen LogP contribution in [0.5, 0.6) is 5.75 Å². The van der Waals surface area contributed by atoms with Crippen molar-refractivity contribution < 1.29 is 9.84 Å². The molecule has 0 amide bonds. The van der Waals surface area contributed by atoms with Crippen molar-refractivity contribution in [3.05, 3.63) is 11.9 Å². The van der Waals surface area contributed by atoms with Crippen LogP contribution in [0.2, 0.25) is 0 Å². The average Bonchev–Trinajstić information content (AvgIpc) is 3.06. The quantitative estimate of drug-likeness (QED) is 0.826. The molecule has 1 aromatic heterocycles. The lowest BCUT2D eigenvalue weighted by Crippen LogP contribution is -2.14. The second-order valence-corrected chi connectivity index (χ2v) is 5.14. The molecule has 96 valence electrons. The molecule has 1 fully saturated rings. The van der Waals surface area contributed by atoms with Gasteiger partial charge in [-0.3, -0.25) is 4.68 Å². The molecule has 1 atom stereocenters. The Morgan fingerprint density at radius 3 is 2.76 bits per heavy atom. The Kier molecular flexibility index (Phi) is 3.72. The number of aromatic nitrogens is 2. The second kappa shape index (κ2) is 5.08. The van der Waals surface area contributed by atoms with Crippen LogP contribution < -0.4 is 4.74 Å². The van der Waals surface area contributed by atoms with Gasteiger partial charge in [0.15, 0.2) is 5.75 Å². The van der Waals surface area contributed by atoms with E-state index in [1.165, 1.54) is 12.8 Å². The molecular weight excluding hydrogens is 216 g/mol. The third-order valence-electron chi connectivity index (χ3n) is 3.41. The van der Waals surface area contributed by atoms with Crippen LogP contribution in [-0.2, 0) is 6.42 Å². The molecule has 0 bridgehead atoms. The Balaban J connectivity index is 2.03. The fourth-order valence-electron chi connectivity index (χ4n) is 2.23. The predicted octanol–water partition coefficient (Wildman–Crippen LogP) is 2.18. The summed E-state index contributed by atoms with van der Waals surface area (Å²) >= 11 is 0. The van der Waals surface area contributed by atoms with Crippen LogP contribution in [-0.4, -0.2) is 28.1 Å². The van der Waals surface area contributed by atoms with Gasteiger partial charge >= 0.3 is 0 Å². The van der Waals surface area contributed by atoms with E-state index in [1.807, 2.05) is 4.68 Å². The van der Waals surface area contributed by atoms with E-state index in [9.17, 15) is 5.11 Å². The largest absolute Gasteiger partial charge is 0.493 e. The Bertz CT molecular complexity index is 369. The molecule has 17 heavy (non-hydrogen) atoms. The summed E-state index contributed by atoms with van der Waals surface area (Å²) in [6.07, 6.45) is 5.61. The lowest BCUT2D eigenvalue weighted by atomic mass is 10.1. The van der Waals surface area contributed by atoms with Crippen LogP contribution in [0.3, 0.4) is 0 Å². The van der Waals surface area contributed by atoms with Crippen LogP contribution in [0.4, 0.5) is 0 Å². The SMILES string of the molecule is COc1cnn(C(C)C)c1CCC(O)C1CC1. The number of hydrogen-bond acceptors (Lipinski definition) is 3. The molecule has 1 aliphatic rings. The summed E-state index contributed by atoms with van der Waals surface area (Å²) in [6, 6.07) is 0.326. The summed E-state index contributed by atoms with van der Waals surface area (Å²) in [6.45, 7) is 4.21. The molecule has 2 rings (SSSR count). The molecule has 1 heterocycles. The first kappa shape index (κ1) is 12.4. The Morgan fingerprint density at radius 2 is 2.24 bits per heavy atom. The number of ether oxygens (including phenoxy) is 1. The molecule has 1 saturated carbocycles. The second-order valence-electron chi connectivity index (χ2n) is 5.14. The van der Waals surface area contributed by atoms with E-state index in [-0.39, 0.29) is 6.10 Å². The van der Waals surface area contributed by atoms with Gasteiger partial charge in [-0.05, 0) is 45.4 Å². The minimum Gasteiger partial charge on any atom is -0.493 e. The topological polar surface area (TPSA) is 47.3 Å². The smallest absolute Gasteiger partial charge is 0.159 e. The zero-order valence-electron chi connectivity index (χ0n) is 10.9. The highest BCUT2D eigenvalue weighted by Gasteiger charge is 2.29. The molecule has 1 aromatic rings. The van der Waals surface area contributed by atoms with Crippen LogP contribution in [0, 0.1) is 5.92 Å². The van der Waals surface area contributed by atoms with E-state index < -0.39 is 0 Å². The molecule has 0 aromatic carbocycles. The molecule has 0 spiro atoms. The molecule has 0 radical (unpaired) electrons. The Labute approximate surface area is 103 Å². The van der Waals surface area contributed by atoms with Crippen molar-refractivity contribution in [2.75, 3.05) is 7.11 Å². The summed E-state index contributed by atoms with van der Waals surface area (Å²) in [5.41, 5.74) is 1.10. The summed E-state index contributed by atoms with van der Waals surface area (Å²) in [4.78, 5) is 0. The van der Waals surface area contributed by atoms with E-state index in [2.05, 4.69) is 18.9 Å². The van der Waals surface area contributed by atoms with Gasteiger partial charge in [-0.25, -0.2) is 0 Å². The highest BCUT2D eigenvalue weighted by molar-refractivity contribution is 5.25. The summed E-state index contributed by atoms with van der Waals surface area (Å²) < 4.78 is 7.30. The minimum atomic E-state index is -0.157. The third kappa shape index (κ3) is 2.80. The van der Waals surface area contributed by atoms with Gasteiger partial charge < -0.3 is 9.84 Å². The van der Waals surface area contributed by atoms with Crippen molar-refractivity contribution in [2.45, 2.75) is 51.7 Å². The minimum absolute atomic E-state index is 0.157. The lowest BCUT2D eigenvalue weighted by molar-refractivity contribution is 0.140. The highest BCUT2D eigenvalue weighted by Crippen LogP contribution is 2.35. The summed E-state index contributed by atoms with van der Waals surface area (Å²) in [7, 11) is 1.67. The zero-order chi connectivity index (χ0) is 12.4. The first-order valence-corrected chi connectivity index (χ1v) is 6.42. The number of methoxy groups -OCH3 is 1. The maximum absolute atomic E-state index is 9.91. The Hall–Kier alpha value is -1.03. The molecule has 1 N–H and O–H groups in total. The van der Waals surface area contributed by atoms with Crippen molar-refractivity contribution in [2.24, 2.45) is 5.92 Å². The standard InChI is InChI=1S/C13H22N2O2/c1-9(2)15-11(13(17-3)8-14-15)6-7-12(16)10-4-5-10/h8-10,12,16H,4-7H2,1-3H3. The van der Waals surface area contributed by atoms with E-state index >= 15 is 0 Å². The molecule has 1 aliphatic carbocycles. The van der Waals surface area contributed by atoms with Gasteiger partial charge in [-0.15, -0.1) is 0 Å². The van der Waals surface area contributed by atoms with Crippen LogP contribution in [0.15, 0.2) is 6.20 Å². The summed E-state index contributed by atoms with van der Waals surface area (Å²) in [5, 5.41) is 14.2. The van der Waals surface area contributed by atoms with Gasteiger partial charge in [0.1, 0.15) is 0 Å². The predicted molar refractivity (Wildman–Crippen MR) is 66.2 cm³/mol. The van der Waals surface area contributed by atoms with E-state index in [0.29, 0.717) is 12.0 Å². The molecule has 4 nitrogen and oxygen atoms in total. The first-order chi connectivity index (χ1) is 8.13. The molecule has 0 aliphatic heterocycles. The van der Waals surface area contributed by atoms with Crippen LogP contribution in [0.1, 0.15) is 44.8 Å². The van der Waals surface area contributed by atoms with Gasteiger partial charge in [0.2, 0.25) is 0 Å². The molecule has 1 unspecified atom stereocenters. The van der Waals surface area contributed by atoms with E-state index in [0.717, 1.165) is 24.3 Å². The van der Waals surface area contributed by atoms with Gasteiger partial charge in [-0.2, -0.15) is 5.10 Å². The normalized spacial score (nSPS) is 17.5. The van der Waals surface area contributed by atoms with Gasteiger partial charge in [-0.1, -0.05) is 0 Å². The van der Waals surface area contributed by atoms with Crippen molar-refractivity contribution >= 4 is 0 Å². The summed E-state index contributed by atoms with van der Waals surface area (Å²) in [5.74, 6) is 1.37. The number of aliphatic hydroxyl groups excluding tert-OH is 1. The van der Waals surface area contributed by atoms with Crippen molar-refractivity contribution in [1.29, 1.82) is 0 Å². The number of nitrogens with zero attached hydrogens (tertiary/aromatic N) is 2. The van der Waals surface area contributed by atoms with Crippen molar-refractivity contribution in [3.63, 3.8) is 0 Å². The van der Waals surface area contributed by atoms with Crippen LogP contribution in [0.25, 0.3) is 0 Å². The molecule has 0 saturated heterocycles. The Morgan fingerprint density at radius 1 is 1.53 bits per heavy atom. The zero-order valence-corrected chi connectivity index (χ0v) is 10.9. The van der Waals surface area contributed by atoms with Crippen molar-refractivity contribution in [3.8, 4) is 5.75 Å². The average molecular weight is 238 g/mol. The maximum atomic E-state index is 9.91. The van der Waals surface area contributed by atoms with E-state index in [1.54, 1.807) is 13.3 Å². The number of aliphatic hydroxyl groups is 1. The number of hydrogen-bond donors (Lipinski definition) is 1. The van der Waals surface area contributed by atoms with Gasteiger partial charge in [0.05, 0.1) is 25.1 Å². The fraction of sp³-hybridized carbons (Fsp3) is 0.769. The monoisotopic (exact) mass is 238 g/mol. The van der Waals surface area contributed by atoms with E-state index in [4.69, 9.17) is 4.74 Å². The fourth-order valence-corrected chi connectivity index (χ4v) is 2.23. The van der Waals surface area contributed by atoms with Crippen LogP contribution >= 0.6 is 0 Å². The molecular formula is C13H22N2O2. The molecule has 4 heteroatoms. The third-order valence-corrected chi connectivity index (χ3v) is 3.41. The lowest BCUT2D eigenvalue weighted by Gasteiger charge is -2.14. The van der Waals surface area contributed by atoms with Gasteiger partial charge in [0.25, 0.3) is 0 Å².